The standard InChI is InChI=1S/C9H12F3N3O/c1-16-7-5-14-8(15-6-7)13-4-2-3-9(10,11)12/h5-6H,2-4H2,1H3,(H,13,14,15). The molecule has 0 amide bonds. The molecule has 4 nitrogen and oxygen atoms in total. The normalized spacial score (nSPS) is 11.2. The molecule has 0 aliphatic heterocycles. The maximum Gasteiger partial charge on any atom is 0.389 e. The van der Waals surface area contributed by atoms with Gasteiger partial charge in [-0.3, -0.25) is 0 Å². The third-order valence-corrected chi connectivity index (χ3v) is 1.78. The van der Waals surface area contributed by atoms with E-state index in [-0.39, 0.29) is 13.0 Å². The van der Waals surface area contributed by atoms with Crippen molar-refractivity contribution in [2.24, 2.45) is 0 Å². The van der Waals surface area contributed by atoms with Crippen molar-refractivity contribution in [3.63, 3.8) is 0 Å². The number of aromatic nitrogens is 2. The molecule has 1 rings (SSSR count). The van der Waals surface area contributed by atoms with Crippen LogP contribution in [-0.2, 0) is 0 Å². The van der Waals surface area contributed by atoms with Crippen molar-refractivity contribution in [2.75, 3.05) is 19.0 Å². The van der Waals surface area contributed by atoms with Crippen LogP contribution in [0.3, 0.4) is 0 Å². The van der Waals surface area contributed by atoms with Crippen molar-refractivity contribution in [2.45, 2.75) is 19.0 Å². The fourth-order valence-electron chi connectivity index (χ4n) is 1.00. The topological polar surface area (TPSA) is 47.0 Å². The van der Waals surface area contributed by atoms with E-state index < -0.39 is 12.6 Å². The third-order valence-electron chi connectivity index (χ3n) is 1.78. The van der Waals surface area contributed by atoms with Crippen LogP contribution in [0.15, 0.2) is 12.4 Å². The van der Waals surface area contributed by atoms with Crippen LogP contribution in [0, 0.1) is 0 Å². The van der Waals surface area contributed by atoms with Gasteiger partial charge in [0.15, 0.2) is 5.75 Å². The van der Waals surface area contributed by atoms with Crippen molar-refractivity contribution in [3.05, 3.63) is 12.4 Å². The molecule has 16 heavy (non-hydrogen) atoms. The number of nitrogens with one attached hydrogen (secondary N) is 1. The highest BCUT2D eigenvalue weighted by Gasteiger charge is 2.25. The Bertz CT molecular complexity index is 313. The summed E-state index contributed by atoms with van der Waals surface area (Å²) in [6, 6.07) is 0. The molecule has 0 saturated carbocycles. The Balaban J connectivity index is 2.27. The molecular weight excluding hydrogens is 223 g/mol. The van der Waals surface area contributed by atoms with Gasteiger partial charge in [-0.1, -0.05) is 0 Å². The first kappa shape index (κ1) is 12.5. The monoisotopic (exact) mass is 235 g/mol. The Hall–Kier alpha value is -1.53. The Morgan fingerprint density at radius 3 is 2.44 bits per heavy atom. The molecule has 0 saturated heterocycles. The zero-order chi connectivity index (χ0) is 12.0. The highest BCUT2D eigenvalue weighted by atomic mass is 19.4. The lowest BCUT2D eigenvalue weighted by atomic mass is 10.3. The molecule has 1 heterocycles. The summed E-state index contributed by atoms with van der Waals surface area (Å²) in [4.78, 5) is 7.71. The van der Waals surface area contributed by atoms with Gasteiger partial charge >= 0.3 is 6.18 Å². The highest BCUT2D eigenvalue weighted by molar-refractivity contribution is 5.26. The summed E-state index contributed by atoms with van der Waals surface area (Å²) in [6.07, 6.45) is -2.03. The number of anilines is 1. The Labute approximate surface area is 90.9 Å². The largest absolute Gasteiger partial charge is 0.494 e. The van der Waals surface area contributed by atoms with Crippen LogP contribution in [0.25, 0.3) is 0 Å². The van der Waals surface area contributed by atoms with E-state index in [0.29, 0.717) is 11.7 Å². The summed E-state index contributed by atoms with van der Waals surface area (Å²) in [7, 11) is 1.48. The quantitative estimate of drug-likeness (QED) is 0.795. The summed E-state index contributed by atoms with van der Waals surface area (Å²) in [5.74, 6) is 0.795. The average molecular weight is 235 g/mol. The first-order valence-electron chi connectivity index (χ1n) is 4.68. The Kier molecular flexibility index (Phi) is 4.33. The van der Waals surface area contributed by atoms with Gasteiger partial charge in [0.1, 0.15) is 0 Å². The smallest absolute Gasteiger partial charge is 0.389 e. The van der Waals surface area contributed by atoms with Crippen molar-refractivity contribution in [1.29, 1.82) is 0 Å². The maximum atomic E-state index is 11.8. The van der Waals surface area contributed by atoms with Gasteiger partial charge in [0, 0.05) is 13.0 Å². The van der Waals surface area contributed by atoms with Gasteiger partial charge in [0.05, 0.1) is 19.5 Å². The summed E-state index contributed by atoms with van der Waals surface area (Å²) in [5.41, 5.74) is 0. The van der Waals surface area contributed by atoms with E-state index in [0.717, 1.165) is 0 Å². The molecule has 0 aliphatic rings. The summed E-state index contributed by atoms with van der Waals surface area (Å²) in [6.45, 7) is 0.186. The van der Waals surface area contributed by atoms with Gasteiger partial charge < -0.3 is 10.1 Å². The second-order valence-electron chi connectivity index (χ2n) is 3.09. The summed E-state index contributed by atoms with van der Waals surface area (Å²) in [5, 5.41) is 2.69. The molecule has 1 aromatic rings. The van der Waals surface area contributed by atoms with Gasteiger partial charge in [0.2, 0.25) is 5.95 Å². The molecule has 0 fully saturated rings. The van der Waals surface area contributed by atoms with Crippen molar-refractivity contribution in [3.8, 4) is 5.75 Å². The number of alkyl halides is 3. The number of methoxy groups -OCH3 is 1. The first-order valence-corrected chi connectivity index (χ1v) is 4.68. The minimum absolute atomic E-state index is 0.00110. The number of rotatable bonds is 5. The summed E-state index contributed by atoms with van der Waals surface area (Å²) >= 11 is 0. The third kappa shape index (κ3) is 4.81. The SMILES string of the molecule is COc1cnc(NCCCC(F)(F)F)nc1. The molecule has 0 atom stereocenters. The van der Waals surface area contributed by atoms with Gasteiger partial charge in [-0.15, -0.1) is 0 Å². The van der Waals surface area contributed by atoms with E-state index in [1.165, 1.54) is 19.5 Å². The predicted molar refractivity (Wildman–Crippen MR) is 52.4 cm³/mol. The Morgan fingerprint density at radius 2 is 1.94 bits per heavy atom. The minimum Gasteiger partial charge on any atom is -0.494 e. The predicted octanol–water partition coefficient (Wildman–Crippen LogP) is 2.24. The van der Waals surface area contributed by atoms with Crippen LogP contribution in [0.4, 0.5) is 19.1 Å². The van der Waals surface area contributed by atoms with Gasteiger partial charge in [-0.05, 0) is 6.42 Å². The molecule has 0 bridgehead atoms. The minimum atomic E-state index is -4.11. The molecule has 1 aromatic heterocycles. The van der Waals surface area contributed by atoms with Gasteiger partial charge in [-0.2, -0.15) is 13.2 Å². The first-order chi connectivity index (χ1) is 7.51. The fraction of sp³-hybridized carbons (Fsp3) is 0.556. The second kappa shape index (κ2) is 5.53. The van der Waals surface area contributed by atoms with E-state index >= 15 is 0 Å². The lowest BCUT2D eigenvalue weighted by Gasteiger charge is -2.07. The average Bonchev–Trinajstić information content (AvgIpc) is 2.24. The van der Waals surface area contributed by atoms with E-state index in [2.05, 4.69) is 15.3 Å². The lowest BCUT2D eigenvalue weighted by molar-refractivity contribution is -0.134. The van der Waals surface area contributed by atoms with Gasteiger partial charge in [0.25, 0.3) is 0 Å². The number of ether oxygens (including phenoxy) is 1. The van der Waals surface area contributed by atoms with Crippen molar-refractivity contribution < 1.29 is 17.9 Å². The summed E-state index contributed by atoms with van der Waals surface area (Å²) < 4.78 is 40.3. The van der Waals surface area contributed by atoms with Crippen LogP contribution >= 0.6 is 0 Å². The van der Waals surface area contributed by atoms with E-state index in [9.17, 15) is 13.2 Å². The molecular formula is C9H12F3N3O. The van der Waals surface area contributed by atoms with E-state index in [4.69, 9.17) is 4.74 Å². The lowest BCUT2D eigenvalue weighted by Crippen LogP contribution is -2.11. The molecule has 0 aliphatic carbocycles. The number of hydrogen-bond acceptors (Lipinski definition) is 4. The molecule has 0 radical (unpaired) electrons. The van der Waals surface area contributed by atoms with Crippen LogP contribution in [0.1, 0.15) is 12.8 Å². The van der Waals surface area contributed by atoms with Crippen LogP contribution in [-0.4, -0.2) is 29.8 Å². The van der Waals surface area contributed by atoms with Crippen LogP contribution in [0.2, 0.25) is 0 Å². The molecule has 0 spiro atoms. The number of halogens is 3. The molecule has 0 unspecified atom stereocenters. The second-order valence-corrected chi connectivity index (χ2v) is 3.09. The zero-order valence-corrected chi connectivity index (χ0v) is 8.71. The zero-order valence-electron chi connectivity index (χ0n) is 8.71. The molecule has 0 aromatic carbocycles. The van der Waals surface area contributed by atoms with Crippen LogP contribution in [0.5, 0.6) is 5.75 Å². The molecule has 1 N–H and O–H groups in total. The van der Waals surface area contributed by atoms with Crippen molar-refractivity contribution >= 4 is 5.95 Å². The van der Waals surface area contributed by atoms with E-state index in [1.807, 2.05) is 0 Å². The Morgan fingerprint density at radius 1 is 1.31 bits per heavy atom. The fourth-order valence-corrected chi connectivity index (χ4v) is 1.00. The van der Waals surface area contributed by atoms with Crippen molar-refractivity contribution in [1.82, 2.24) is 9.97 Å². The van der Waals surface area contributed by atoms with Crippen LogP contribution < -0.4 is 10.1 Å². The number of hydrogen-bond donors (Lipinski definition) is 1. The van der Waals surface area contributed by atoms with E-state index in [1.54, 1.807) is 0 Å². The molecule has 7 heteroatoms. The molecule has 90 valence electrons. The van der Waals surface area contributed by atoms with Gasteiger partial charge in [-0.25, -0.2) is 9.97 Å². The number of nitrogens with zero attached hydrogens (tertiary/aromatic N) is 2. The highest BCUT2D eigenvalue weighted by Crippen LogP contribution is 2.21. The maximum absolute atomic E-state index is 11.8.